The molecular weight excluding hydrogens is 358 g/mol. The summed E-state index contributed by atoms with van der Waals surface area (Å²) in [5, 5.41) is 12.1. The molecule has 144 valence electrons. The molecule has 2 amide bonds. The predicted molar refractivity (Wildman–Crippen MR) is 103 cm³/mol. The van der Waals surface area contributed by atoms with Crippen LogP contribution in [0.4, 0.5) is 16.3 Å². The highest BCUT2D eigenvalue weighted by atomic mass is 16.6. The molecule has 0 saturated carbocycles. The Morgan fingerprint density at radius 3 is 2.64 bits per heavy atom. The first kappa shape index (κ1) is 19.2. The zero-order valence-corrected chi connectivity index (χ0v) is 15.6. The highest BCUT2D eigenvalue weighted by Gasteiger charge is 2.25. The summed E-state index contributed by atoms with van der Waals surface area (Å²) in [6, 6.07) is 12.5. The molecule has 8 heteroatoms. The van der Waals surface area contributed by atoms with E-state index < -0.39 is 0 Å². The number of hydrogen-bond donors (Lipinski definition) is 1. The highest BCUT2D eigenvalue weighted by Crippen LogP contribution is 2.18. The van der Waals surface area contributed by atoms with Crippen LogP contribution < -0.4 is 5.32 Å². The van der Waals surface area contributed by atoms with Crippen LogP contribution in [-0.2, 0) is 4.74 Å². The number of anilines is 2. The molecule has 3 rings (SSSR count). The molecule has 1 aliphatic heterocycles. The van der Waals surface area contributed by atoms with Gasteiger partial charge in [0.1, 0.15) is 5.82 Å². The first-order valence-electron chi connectivity index (χ1n) is 9.05. The van der Waals surface area contributed by atoms with Gasteiger partial charge in [0.15, 0.2) is 0 Å². The topological polar surface area (TPSA) is 98.6 Å². The molecule has 1 aromatic heterocycles. The molecule has 1 saturated heterocycles. The summed E-state index contributed by atoms with van der Waals surface area (Å²) in [5.41, 5.74) is 1.77. The third-order valence-corrected chi connectivity index (χ3v) is 4.36. The second-order valence-corrected chi connectivity index (χ2v) is 6.23. The molecule has 0 atom stereocenters. The standard InChI is InChI=1S/C20H21N5O3/c1-2-28-20(27)25-10-8-24(9-11-25)19(26)16-6-7-22-18(13-16)23-17-5-3-4-15(12-17)14-21/h3-7,12-13H,2,8-11H2,1H3,(H,22,23). The molecule has 2 aromatic rings. The van der Waals surface area contributed by atoms with Gasteiger partial charge in [-0.25, -0.2) is 9.78 Å². The third-order valence-electron chi connectivity index (χ3n) is 4.36. The number of hydrogen-bond acceptors (Lipinski definition) is 6. The number of nitriles is 1. The molecule has 28 heavy (non-hydrogen) atoms. The van der Waals surface area contributed by atoms with E-state index in [0.717, 1.165) is 5.69 Å². The van der Waals surface area contributed by atoms with Crippen molar-refractivity contribution in [2.24, 2.45) is 0 Å². The van der Waals surface area contributed by atoms with Crippen LogP contribution in [0.25, 0.3) is 0 Å². The number of carbonyl (C=O) groups excluding carboxylic acids is 2. The van der Waals surface area contributed by atoms with Gasteiger partial charge in [-0.05, 0) is 37.3 Å². The van der Waals surface area contributed by atoms with E-state index in [1.165, 1.54) is 0 Å². The van der Waals surface area contributed by atoms with Gasteiger partial charge in [-0.1, -0.05) is 6.07 Å². The Bertz CT molecular complexity index is 901. The molecule has 0 unspecified atom stereocenters. The summed E-state index contributed by atoms with van der Waals surface area (Å²) in [6.07, 6.45) is 1.23. The molecule has 1 aliphatic rings. The Morgan fingerprint density at radius 1 is 1.18 bits per heavy atom. The van der Waals surface area contributed by atoms with Crippen LogP contribution in [0.5, 0.6) is 0 Å². The highest BCUT2D eigenvalue weighted by molar-refractivity contribution is 5.95. The van der Waals surface area contributed by atoms with Gasteiger partial charge in [0, 0.05) is 43.6 Å². The zero-order chi connectivity index (χ0) is 19.9. The van der Waals surface area contributed by atoms with Crippen molar-refractivity contribution < 1.29 is 14.3 Å². The second-order valence-electron chi connectivity index (χ2n) is 6.23. The smallest absolute Gasteiger partial charge is 0.409 e. The first-order valence-corrected chi connectivity index (χ1v) is 9.05. The second kappa shape index (κ2) is 8.86. The summed E-state index contributed by atoms with van der Waals surface area (Å²) in [4.78, 5) is 32.1. The monoisotopic (exact) mass is 379 g/mol. The van der Waals surface area contributed by atoms with Gasteiger partial charge in [-0.3, -0.25) is 4.79 Å². The lowest BCUT2D eigenvalue weighted by Crippen LogP contribution is -2.50. The molecule has 0 spiro atoms. The van der Waals surface area contributed by atoms with E-state index in [-0.39, 0.29) is 12.0 Å². The van der Waals surface area contributed by atoms with E-state index >= 15 is 0 Å². The van der Waals surface area contributed by atoms with Gasteiger partial charge in [0.25, 0.3) is 5.91 Å². The maximum Gasteiger partial charge on any atom is 0.409 e. The summed E-state index contributed by atoms with van der Waals surface area (Å²) < 4.78 is 5.00. The van der Waals surface area contributed by atoms with Crippen molar-refractivity contribution in [2.45, 2.75) is 6.92 Å². The fourth-order valence-electron chi connectivity index (χ4n) is 2.94. The lowest BCUT2D eigenvalue weighted by atomic mass is 10.2. The van der Waals surface area contributed by atoms with Crippen LogP contribution in [0.3, 0.4) is 0 Å². The number of pyridine rings is 1. The van der Waals surface area contributed by atoms with E-state index in [1.54, 1.807) is 53.3 Å². The van der Waals surface area contributed by atoms with Gasteiger partial charge in [0.2, 0.25) is 0 Å². The molecule has 1 aromatic carbocycles. The van der Waals surface area contributed by atoms with Crippen LogP contribution in [0.2, 0.25) is 0 Å². The van der Waals surface area contributed by atoms with Gasteiger partial charge in [-0.2, -0.15) is 5.26 Å². The SMILES string of the molecule is CCOC(=O)N1CCN(C(=O)c2ccnc(Nc3cccc(C#N)c3)c2)CC1. The molecule has 0 aliphatic carbocycles. The van der Waals surface area contributed by atoms with Crippen LogP contribution in [0.15, 0.2) is 42.6 Å². The number of rotatable bonds is 4. The predicted octanol–water partition coefficient (Wildman–Crippen LogP) is 2.61. The van der Waals surface area contributed by atoms with E-state index in [4.69, 9.17) is 10.00 Å². The lowest BCUT2D eigenvalue weighted by molar-refractivity contribution is 0.0570. The minimum atomic E-state index is -0.343. The zero-order valence-electron chi connectivity index (χ0n) is 15.6. The summed E-state index contributed by atoms with van der Waals surface area (Å²) in [7, 11) is 0. The van der Waals surface area contributed by atoms with Gasteiger partial charge < -0.3 is 19.9 Å². The normalized spacial score (nSPS) is 13.6. The minimum absolute atomic E-state index is 0.111. The average molecular weight is 379 g/mol. The summed E-state index contributed by atoms with van der Waals surface area (Å²) >= 11 is 0. The Hall–Kier alpha value is -3.60. The van der Waals surface area contributed by atoms with Crippen LogP contribution in [-0.4, -0.2) is 59.6 Å². The van der Waals surface area contributed by atoms with Gasteiger partial charge in [-0.15, -0.1) is 0 Å². The van der Waals surface area contributed by atoms with E-state index in [9.17, 15) is 9.59 Å². The third kappa shape index (κ3) is 4.57. The molecule has 8 nitrogen and oxygen atoms in total. The molecule has 2 heterocycles. The number of nitrogens with one attached hydrogen (secondary N) is 1. The molecule has 0 radical (unpaired) electrons. The van der Waals surface area contributed by atoms with Crippen LogP contribution in [0.1, 0.15) is 22.8 Å². The van der Waals surface area contributed by atoms with Gasteiger partial charge >= 0.3 is 6.09 Å². The average Bonchev–Trinajstić information content (AvgIpc) is 2.74. The van der Waals surface area contributed by atoms with E-state index in [0.29, 0.717) is 49.7 Å². The minimum Gasteiger partial charge on any atom is -0.450 e. The van der Waals surface area contributed by atoms with Crippen molar-refractivity contribution in [3.63, 3.8) is 0 Å². The number of aromatic nitrogens is 1. The van der Waals surface area contributed by atoms with Crippen molar-refractivity contribution in [1.29, 1.82) is 5.26 Å². The number of benzene rings is 1. The van der Waals surface area contributed by atoms with Crippen molar-refractivity contribution in [3.05, 3.63) is 53.7 Å². The van der Waals surface area contributed by atoms with Crippen LogP contribution >= 0.6 is 0 Å². The number of amides is 2. The Labute approximate surface area is 163 Å². The Morgan fingerprint density at radius 2 is 1.93 bits per heavy atom. The lowest BCUT2D eigenvalue weighted by Gasteiger charge is -2.34. The maximum absolute atomic E-state index is 12.8. The molecule has 0 bridgehead atoms. The summed E-state index contributed by atoms with van der Waals surface area (Å²) in [5.74, 6) is 0.408. The number of nitrogens with zero attached hydrogens (tertiary/aromatic N) is 4. The van der Waals surface area contributed by atoms with Crippen molar-refractivity contribution >= 4 is 23.5 Å². The Kier molecular flexibility index (Phi) is 6.07. The Balaban J connectivity index is 1.64. The molecule has 1 N–H and O–H groups in total. The van der Waals surface area contributed by atoms with Gasteiger partial charge in [0.05, 0.1) is 18.2 Å². The fraction of sp³-hybridized carbons (Fsp3) is 0.300. The fourth-order valence-corrected chi connectivity index (χ4v) is 2.94. The van der Waals surface area contributed by atoms with Crippen molar-refractivity contribution in [2.75, 3.05) is 38.1 Å². The molecular formula is C20H21N5O3. The van der Waals surface area contributed by atoms with E-state index in [1.807, 2.05) is 6.07 Å². The summed E-state index contributed by atoms with van der Waals surface area (Å²) in [6.45, 7) is 3.90. The maximum atomic E-state index is 12.8. The van der Waals surface area contributed by atoms with Crippen molar-refractivity contribution in [3.8, 4) is 6.07 Å². The first-order chi connectivity index (χ1) is 13.6. The van der Waals surface area contributed by atoms with E-state index in [2.05, 4.69) is 16.4 Å². The van der Waals surface area contributed by atoms with Crippen molar-refractivity contribution in [1.82, 2.24) is 14.8 Å². The number of piperazine rings is 1. The molecule has 1 fully saturated rings. The number of carbonyl (C=O) groups is 2. The number of ether oxygens (including phenoxy) is 1. The quantitative estimate of drug-likeness (QED) is 0.877. The largest absolute Gasteiger partial charge is 0.450 e. The van der Waals surface area contributed by atoms with Crippen LogP contribution in [0, 0.1) is 11.3 Å².